The number of nitrogens with two attached hydrogens (primary N) is 2. The lowest BCUT2D eigenvalue weighted by molar-refractivity contribution is -0.140. The third-order valence-electron chi connectivity index (χ3n) is 13.4. The molecular formula is C56H83N15O13. The first kappa shape index (κ1) is 68.1. The van der Waals surface area contributed by atoms with Crippen molar-refractivity contribution in [2.45, 2.75) is 63.6 Å². The summed E-state index contributed by atoms with van der Waals surface area (Å²) < 4.78 is 0. The van der Waals surface area contributed by atoms with Gasteiger partial charge in [-0.05, 0) is 66.6 Å². The van der Waals surface area contributed by atoms with Gasteiger partial charge < -0.3 is 69.1 Å². The lowest BCUT2D eigenvalue weighted by atomic mass is 9.90. The second-order valence-electron chi connectivity index (χ2n) is 20.0. The fraction of sp³-hybridized carbons (Fsp3) is 0.500. The molecule has 0 bridgehead atoms. The van der Waals surface area contributed by atoms with Crippen molar-refractivity contribution in [3.8, 4) is 5.75 Å². The minimum Gasteiger partial charge on any atom is -0.508 e. The summed E-state index contributed by atoms with van der Waals surface area (Å²) >= 11 is 0. The molecule has 3 aromatic carbocycles. The van der Waals surface area contributed by atoms with Crippen LogP contribution < -0.4 is 54.0 Å². The van der Waals surface area contributed by atoms with E-state index in [1.165, 1.54) is 12.1 Å². The summed E-state index contributed by atoms with van der Waals surface area (Å²) in [6.07, 6.45) is 1.42. The molecule has 0 saturated carbocycles. The molecule has 0 aromatic heterocycles. The van der Waals surface area contributed by atoms with Gasteiger partial charge in [-0.3, -0.25) is 68.3 Å². The number of benzene rings is 3. The number of hydrogen-bond acceptors (Lipinski definition) is 17. The molecular weight excluding hydrogens is 1090 g/mol. The van der Waals surface area contributed by atoms with Crippen LogP contribution in [0.15, 0.2) is 83.9 Å². The summed E-state index contributed by atoms with van der Waals surface area (Å²) in [6.45, 7) is 4.39. The molecule has 0 aliphatic carbocycles. The predicted molar refractivity (Wildman–Crippen MR) is 313 cm³/mol. The number of carbonyl (C=O) groups is 9. The maximum atomic E-state index is 14.4. The number of anilines is 1. The Hall–Kier alpha value is -8.44. The van der Waals surface area contributed by atoms with Crippen molar-refractivity contribution in [2.75, 3.05) is 123 Å². The van der Waals surface area contributed by atoms with Gasteiger partial charge in [0.1, 0.15) is 11.8 Å². The van der Waals surface area contributed by atoms with E-state index in [0.29, 0.717) is 49.3 Å². The zero-order chi connectivity index (χ0) is 61.2. The molecule has 0 spiro atoms. The highest BCUT2D eigenvalue weighted by Gasteiger charge is 2.29. The van der Waals surface area contributed by atoms with Gasteiger partial charge in [0.05, 0.1) is 38.1 Å². The number of carboxylic acid groups (broad SMARTS) is 3. The van der Waals surface area contributed by atoms with E-state index in [2.05, 4.69) is 47.5 Å². The number of rotatable bonds is 32. The molecule has 1 fully saturated rings. The van der Waals surface area contributed by atoms with E-state index in [9.17, 15) is 63.6 Å². The van der Waals surface area contributed by atoms with Crippen LogP contribution in [0.1, 0.15) is 61.6 Å². The average molecular weight is 1170 g/mol. The van der Waals surface area contributed by atoms with E-state index in [1.807, 2.05) is 35.2 Å². The summed E-state index contributed by atoms with van der Waals surface area (Å²) in [5.74, 6) is -5.83. The van der Waals surface area contributed by atoms with E-state index in [0.717, 1.165) is 5.56 Å². The summed E-state index contributed by atoms with van der Waals surface area (Å²) in [6, 6.07) is 20.1. The molecule has 0 unspecified atom stereocenters. The number of aliphatic imine (C=N–C) groups is 1. The van der Waals surface area contributed by atoms with Gasteiger partial charge in [-0.25, -0.2) is 4.79 Å². The zero-order valence-electron chi connectivity index (χ0n) is 47.6. The number of phenols is 1. The van der Waals surface area contributed by atoms with Gasteiger partial charge in [0.15, 0.2) is 5.96 Å². The first-order valence-corrected chi connectivity index (χ1v) is 28.0. The van der Waals surface area contributed by atoms with Crippen molar-refractivity contribution in [3.05, 3.63) is 95.6 Å². The Balaban J connectivity index is 1.27. The second kappa shape index (κ2) is 37.6. The molecule has 16 N–H and O–H groups in total. The standard InChI is InChI=1S/C56H83N15O13/c1-2-46(73)61-23-25-64-56(84)67-55(58)63-21-7-11-45(53(82)65-34-39-12-18-43(72)19-13-39)66-54(83)51(40-8-4-3-5-9-40)41-14-16-42(17-15-41)59-22-24-62-52(81)44(57)10-6-20-60-47(74)35-68-26-28-69(36-48(75)76)30-32-71(38-50(79)80)33-31-70(29-27-68)37-49(77)78/h3-5,8-9,12-19,44-45,51,59,72H,2,6-7,10-11,20-38,57H2,1H3,(H,60,74)(H,61,73)(H,62,81)(H,65,82)(H,66,83)(H,75,76)(H,77,78)(H,79,80)(H4,58,63,64,67,84)/t44-,45-,51+/m1/s1. The summed E-state index contributed by atoms with van der Waals surface area (Å²) in [4.78, 5) is 124. The number of carboxylic acids is 3. The second-order valence-corrected chi connectivity index (χ2v) is 20.0. The monoisotopic (exact) mass is 1170 g/mol. The third kappa shape index (κ3) is 27.6. The van der Waals surface area contributed by atoms with Crippen LogP contribution in [0.4, 0.5) is 10.5 Å². The van der Waals surface area contributed by atoms with E-state index in [-0.39, 0.29) is 153 Å². The highest BCUT2D eigenvalue weighted by atomic mass is 16.4. The number of aromatic hydroxyl groups is 1. The summed E-state index contributed by atoms with van der Waals surface area (Å²) in [7, 11) is 0. The van der Waals surface area contributed by atoms with E-state index in [4.69, 9.17) is 11.5 Å². The molecule has 1 saturated heterocycles. The van der Waals surface area contributed by atoms with Crippen molar-refractivity contribution in [1.82, 2.24) is 56.8 Å². The van der Waals surface area contributed by atoms with Gasteiger partial charge in [0, 0.05) is 110 Å². The number of guanidine groups is 1. The van der Waals surface area contributed by atoms with Crippen LogP contribution in [0.3, 0.4) is 0 Å². The number of amides is 7. The number of hydrogen-bond donors (Lipinski definition) is 14. The minimum absolute atomic E-state index is 0.0478. The smallest absolute Gasteiger partial charge is 0.321 e. The largest absolute Gasteiger partial charge is 0.508 e. The zero-order valence-corrected chi connectivity index (χ0v) is 47.6. The maximum Gasteiger partial charge on any atom is 0.321 e. The summed E-state index contributed by atoms with van der Waals surface area (Å²) in [5.41, 5.74) is 14.9. The minimum atomic E-state index is -1.05. The van der Waals surface area contributed by atoms with Crippen molar-refractivity contribution >= 4 is 65.1 Å². The van der Waals surface area contributed by atoms with Crippen LogP contribution in [-0.4, -0.2) is 229 Å². The number of aliphatic carboxylic acids is 3. The Kier molecular flexibility index (Phi) is 30.5. The van der Waals surface area contributed by atoms with Crippen LogP contribution >= 0.6 is 0 Å². The SMILES string of the molecule is CCC(=O)NCCNC(=O)NC(N)=NCCC[C@@H](NC(=O)[C@@H](c1ccccc1)c1ccc(NCCNC(=O)[C@H](N)CCCNC(=O)CN2CCN(CC(=O)O)CCN(CC(=O)O)CCN(CC(=O)O)CC2)cc1)C(=O)NCc1ccc(O)cc1. The molecule has 7 amide bonds. The number of urea groups is 1. The lowest BCUT2D eigenvalue weighted by Gasteiger charge is -2.32. The van der Waals surface area contributed by atoms with Gasteiger partial charge in [0.25, 0.3) is 0 Å². The number of phenolic OH excluding ortho intramolecular Hbond substituents is 1. The van der Waals surface area contributed by atoms with Gasteiger partial charge in [-0.1, -0.05) is 61.5 Å². The van der Waals surface area contributed by atoms with Gasteiger partial charge in [0.2, 0.25) is 29.5 Å². The Morgan fingerprint density at radius 2 is 1.08 bits per heavy atom. The summed E-state index contributed by atoms with van der Waals surface area (Å²) in [5, 5.41) is 60.5. The Morgan fingerprint density at radius 3 is 1.64 bits per heavy atom. The normalized spacial score (nSPS) is 15.1. The molecule has 3 aromatic rings. The first-order chi connectivity index (χ1) is 40.3. The maximum absolute atomic E-state index is 14.4. The van der Waals surface area contributed by atoms with Crippen molar-refractivity contribution in [1.29, 1.82) is 0 Å². The molecule has 84 heavy (non-hydrogen) atoms. The lowest BCUT2D eigenvalue weighted by Crippen LogP contribution is -2.49. The molecule has 3 atom stereocenters. The fourth-order valence-electron chi connectivity index (χ4n) is 8.83. The van der Waals surface area contributed by atoms with E-state index < -0.39 is 53.8 Å². The molecule has 1 heterocycles. The van der Waals surface area contributed by atoms with E-state index in [1.54, 1.807) is 58.0 Å². The van der Waals surface area contributed by atoms with Crippen LogP contribution in [0.2, 0.25) is 0 Å². The third-order valence-corrected chi connectivity index (χ3v) is 13.4. The Labute approximate surface area is 488 Å². The van der Waals surface area contributed by atoms with Gasteiger partial charge >= 0.3 is 23.9 Å². The van der Waals surface area contributed by atoms with E-state index >= 15 is 0 Å². The number of nitrogens with zero attached hydrogens (tertiary/aromatic N) is 5. The van der Waals surface area contributed by atoms with Gasteiger partial charge in [-0.15, -0.1) is 0 Å². The molecule has 28 heteroatoms. The van der Waals surface area contributed by atoms with Crippen LogP contribution in [-0.2, 0) is 44.9 Å². The van der Waals surface area contributed by atoms with Crippen LogP contribution in [0.25, 0.3) is 0 Å². The molecule has 1 aliphatic rings. The predicted octanol–water partition coefficient (Wildman–Crippen LogP) is -1.53. The Morgan fingerprint density at radius 1 is 0.560 bits per heavy atom. The van der Waals surface area contributed by atoms with Crippen molar-refractivity contribution in [3.63, 3.8) is 0 Å². The van der Waals surface area contributed by atoms with Crippen molar-refractivity contribution < 1.29 is 63.6 Å². The molecule has 460 valence electrons. The first-order valence-electron chi connectivity index (χ1n) is 28.0. The molecule has 1 aliphatic heterocycles. The van der Waals surface area contributed by atoms with Crippen LogP contribution in [0, 0.1) is 0 Å². The molecule has 0 radical (unpaired) electrons. The van der Waals surface area contributed by atoms with Crippen LogP contribution in [0.5, 0.6) is 5.75 Å². The highest BCUT2D eigenvalue weighted by Crippen LogP contribution is 2.27. The number of carbonyl (C=O) groups excluding carboxylic acids is 6. The molecule has 4 rings (SSSR count). The van der Waals surface area contributed by atoms with Crippen molar-refractivity contribution in [2.24, 2.45) is 16.5 Å². The Bertz CT molecular complexity index is 2580. The average Bonchev–Trinajstić information content (AvgIpc) is 3.65. The molecule has 28 nitrogen and oxygen atoms in total. The highest BCUT2D eigenvalue weighted by molar-refractivity contribution is 5.95. The number of nitrogens with one attached hydrogen (secondary N) is 8. The topological polar surface area (TPSA) is 408 Å². The van der Waals surface area contributed by atoms with Gasteiger partial charge in [-0.2, -0.15) is 0 Å². The quantitative estimate of drug-likeness (QED) is 0.0192. The fourth-order valence-corrected chi connectivity index (χ4v) is 8.83.